The van der Waals surface area contributed by atoms with Crippen LogP contribution in [0.1, 0.15) is 12.8 Å². The number of rotatable bonds is 5. The monoisotopic (exact) mass is 272 g/mol. The van der Waals surface area contributed by atoms with Gasteiger partial charge in [0.25, 0.3) is 0 Å². The van der Waals surface area contributed by atoms with Crippen molar-refractivity contribution in [3.05, 3.63) is 23.8 Å². The summed E-state index contributed by atoms with van der Waals surface area (Å²) in [6, 6.07) is 2.08. The second kappa shape index (κ2) is 5.34. The lowest BCUT2D eigenvalue weighted by Crippen LogP contribution is -1.94. The van der Waals surface area contributed by atoms with E-state index in [1.165, 1.54) is 11.8 Å². The van der Waals surface area contributed by atoms with E-state index in [2.05, 4.69) is 9.97 Å². The largest absolute Gasteiger partial charge is 0.481 e. The molecule has 0 bridgehead atoms. The average molecular weight is 272 g/mol. The van der Waals surface area contributed by atoms with Gasteiger partial charge in [-0.2, -0.15) is 0 Å². The third-order valence-electron chi connectivity index (χ3n) is 2.28. The molecule has 96 valence electrons. The lowest BCUT2D eigenvalue weighted by atomic mass is 10.3. The van der Waals surface area contributed by atoms with Gasteiger partial charge in [-0.3, -0.25) is 4.79 Å². The first-order chi connectivity index (χ1) is 8.56. The van der Waals surface area contributed by atoms with E-state index in [9.17, 15) is 13.6 Å². The first kappa shape index (κ1) is 12.8. The van der Waals surface area contributed by atoms with E-state index in [4.69, 9.17) is 5.11 Å². The molecule has 7 heteroatoms. The van der Waals surface area contributed by atoms with Crippen LogP contribution >= 0.6 is 11.8 Å². The van der Waals surface area contributed by atoms with Crippen LogP contribution in [0, 0.1) is 11.6 Å². The second-order valence-electron chi connectivity index (χ2n) is 3.67. The molecule has 18 heavy (non-hydrogen) atoms. The van der Waals surface area contributed by atoms with Gasteiger partial charge in [0.05, 0.1) is 11.0 Å². The summed E-state index contributed by atoms with van der Waals surface area (Å²) in [5.74, 6) is -2.12. The Hall–Kier alpha value is -1.63. The standard InChI is InChI=1S/C11H10F2N2O2S/c12-6-4-8-9(5-7(6)13)15-11(14-8)18-3-1-2-10(16)17/h4-5H,1-3H2,(H,14,15)(H,16,17). The molecule has 0 atom stereocenters. The number of nitrogens with zero attached hydrogens (tertiary/aromatic N) is 1. The van der Waals surface area contributed by atoms with Crippen LogP contribution in [0.3, 0.4) is 0 Å². The van der Waals surface area contributed by atoms with Gasteiger partial charge in [0.1, 0.15) is 0 Å². The minimum absolute atomic E-state index is 0.0937. The van der Waals surface area contributed by atoms with Crippen LogP contribution in [0.25, 0.3) is 11.0 Å². The zero-order chi connectivity index (χ0) is 13.1. The number of hydrogen-bond donors (Lipinski definition) is 2. The molecule has 1 aromatic heterocycles. The number of halogens is 2. The normalized spacial score (nSPS) is 11.0. The van der Waals surface area contributed by atoms with Crippen LogP contribution < -0.4 is 0 Å². The van der Waals surface area contributed by atoms with Gasteiger partial charge in [-0.05, 0) is 6.42 Å². The van der Waals surface area contributed by atoms with E-state index < -0.39 is 17.6 Å². The van der Waals surface area contributed by atoms with Crippen molar-refractivity contribution < 1.29 is 18.7 Å². The molecule has 0 amide bonds. The molecule has 0 aliphatic rings. The van der Waals surface area contributed by atoms with Crippen LogP contribution in [0.5, 0.6) is 0 Å². The van der Waals surface area contributed by atoms with Crippen LogP contribution in [0.15, 0.2) is 17.3 Å². The molecule has 0 aliphatic carbocycles. The number of fused-ring (bicyclic) bond motifs is 1. The first-order valence-electron chi connectivity index (χ1n) is 5.25. The Bertz CT molecular complexity index is 547. The van der Waals surface area contributed by atoms with E-state index in [1.807, 2.05) is 0 Å². The molecule has 0 saturated heterocycles. The van der Waals surface area contributed by atoms with Crippen molar-refractivity contribution in [1.29, 1.82) is 0 Å². The average Bonchev–Trinajstić information content (AvgIpc) is 2.67. The van der Waals surface area contributed by atoms with E-state index in [0.29, 0.717) is 28.4 Å². The number of H-pyrrole nitrogens is 1. The molecular formula is C11H10F2N2O2S. The number of aromatic amines is 1. The Kier molecular flexibility index (Phi) is 3.81. The van der Waals surface area contributed by atoms with Crippen molar-refractivity contribution in [2.75, 3.05) is 5.75 Å². The second-order valence-corrected chi connectivity index (χ2v) is 4.75. The Labute approximate surface area is 105 Å². The Morgan fingerprint density at radius 2 is 2.11 bits per heavy atom. The Morgan fingerprint density at radius 3 is 2.83 bits per heavy atom. The Morgan fingerprint density at radius 1 is 1.39 bits per heavy atom. The maximum Gasteiger partial charge on any atom is 0.303 e. The number of carbonyl (C=O) groups is 1. The fourth-order valence-electron chi connectivity index (χ4n) is 1.44. The van der Waals surface area contributed by atoms with E-state index in [-0.39, 0.29) is 6.42 Å². The maximum atomic E-state index is 13.0. The number of hydrogen-bond acceptors (Lipinski definition) is 3. The number of imidazole rings is 1. The molecule has 2 N–H and O–H groups in total. The molecule has 2 aromatic rings. The number of thioether (sulfide) groups is 1. The van der Waals surface area contributed by atoms with Crippen LogP contribution in [-0.4, -0.2) is 26.8 Å². The van der Waals surface area contributed by atoms with Crippen molar-refractivity contribution in [1.82, 2.24) is 9.97 Å². The highest BCUT2D eigenvalue weighted by atomic mass is 32.2. The fourth-order valence-corrected chi connectivity index (χ4v) is 2.27. The van der Waals surface area contributed by atoms with Crippen molar-refractivity contribution >= 4 is 28.8 Å². The fraction of sp³-hybridized carbons (Fsp3) is 0.273. The van der Waals surface area contributed by atoms with Crippen molar-refractivity contribution in [3.63, 3.8) is 0 Å². The third kappa shape index (κ3) is 2.98. The first-order valence-corrected chi connectivity index (χ1v) is 6.24. The number of carboxylic acid groups (broad SMARTS) is 1. The van der Waals surface area contributed by atoms with Gasteiger partial charge in [0, 0.05) is 24.3 Å². The summed E-state index contributed by atoms with van der Waals surface area (Å²) in [5.41, 5.74) is 0.782. The third-order valence-corrected chi connectivity index (χ3v) is 3.24. The molecule has 1 aromatic carbocycles. The minimum Gasteiger partial charge on any atom is -0.481 e. The number of aromatic nitrogens is 2. The molecule has 0 spiro atoms. The van der Waals surface area contributed by atoms with E-state index in [1.54, 1.807) is 0 Å². The summed E-state index contributed by atoms with van der Waals surface area (Å²) >= 11 is 1.32. The summed E-state index contributed by atoms with van der Waals surface area (Å²) in [4.78, 5) is 17.2. The van der Waals surface area contributed by atoms with Gasteiger partial charge in [-0.1, -0.05) is 11.8 Å². The SMILES string of the molecule is O=C(O)CCCSc1nc2cc(F)c(F)cc2[nH]1. The summed E-state index contributed by atoms with van der Waals surface area (Å²) in [6.45, 7) is 0. The molecule has 0 aliphatic heterocycles. The van der Waals surface area contributed by atoms with Crippen LogP contribution in [0.4, 0.5) is 8.78 Å². The van der Waals surface area contributed by atoms with Gasteiger partial charge in [0.15, 0.2) is 16.8 Å². The summed E-state index contributed by atoms with van der Waals surface area (Å²) in [5, 5.41) is 9.00. The van der Waals surface area contributed by atoms with E-state index in [0.717, 1.165) is 12.1 Å². The molecule has 0 saturated carbocycles. The Balaban J connectivity index is 2.04. The molecule has 1 heterocycles. The highest BCUT2D eigenvalue weighted by molar-refractivity contribution is 7.99. The molecule has 4 nitrogen and oxygen atoms in total. The smallest absolute Gasteiger partial charge is 0.303 e. The van der Waals surface area contributed by atoms with Gasteiger partial charge in [-0.25, -0.2) is 13.8 Å². The minimum atomic E-state index is -0.934. The van der Waals surface area contributed by atoms with Crippen molar-refractivity contribution in [2.24, 2.45) is 0 Å². The topological polar surface area (TPSA) is 66.0 Å². The lowest BCUT2D eigenvalue weighted by Gasteiger charge is -1.94. The highest BCUT2D eigenvalue weighted by Gasteiger charge is 2.09. The van der Waals surface area contributed by atoms with Crippen LogP contribution in [0.2, 0.25) is 0 Å². The predicted octanol–water partition coefficient (Wildman–Crippen LogP) is 2.80. The van der Waals surface area contributed by atoms with Crippen molar-refractivity contribution in [3.8, 4) is 0 Å². The summed E-state index contributed by atoms with van der Waals surface area (Å²) in [7, 11) is 0. The molecule has 0 fully saturated rings. The molecule has 0 radical (unpaired) electrons. The number of aliphatic carboxylic acids is 1. The van der Waals surface area contributed by atoms with Gasteiger partial charge < -0.3 is 10.1 Å². The van der Waals surface area contributed by atoms with Gasteiger partial charge in [-0.15, -0.1) is 0 Å². The zero-order valence-corrected chi connectivity index (χ0v) is 10.1. The van der Waals surface area contributed by atoms with Gasteiger partial charge in [0.2, 0.25) is 0 Å². The van der Waals surface area contributed by atoms with E-state index >= 15 is 0 Å². The van der Waals surface area contributed by atoms with Crippen LogP contribution in [-0.2, 0) is 4.79 Å². The molecule has 0 unspecified atom stereocenters. The molecular weight excluding hydrogens is 262 g/mol. The number of carboxylic acids is 1. The number of benzene rings is 1. The lowest BCUT2D eigenvalue weighted by molar-refractivity contribution is -0.137. The zero-order valence-electron chi connectivity index (χ0n) is 9.24. The van der Waals surface area contributed by atoms with Crippen molar-refractivity contribution in [2.45, 2.75) is 18.0 Å². The number of nitrogens with one attached hydrogen (secondary N) is 1. The molecule has 2 rings (SSSR count). The van der Waals surface area contributed by atoms with Gasteiger partial charge >= 0.3 is 5.97 Å². The predicted molar refractivity (Wildman–Crippen MR) is 63.6 cm³/mol. The highest BCUT2D eigenvalue weighted by Crippen LogP contribution is 2.22. The maximum absolute atomic E-state index is 13.0. The summed E-state index contributed by atoms with van der Waals surface area (Å²) in [6.07, 6.45) is 0.607. The quantitative estimate of drug-likeness (QED) is 0.649. The summed E-state index contributed by atoms with van der Waals surface area (Å²) < 4.78 is 25.9.